The van der Waals surface area contributed by atoms with E-state index in [0.29, 0.717) is 0 Å². The first-order valence-electron chi connectivity index (χ1n) is 9.18. The van der Waals surface area contributed by atoms with Crippen molar-refractivity contribution in [3.63, 3.8) is 0 Å². The highest BCUT2D eigenvalue weighted by molar-refractivity contribution is 7.92. The Morgan fingerprint density at radius 1 is 1.09 bits per heavy atom. The Kier molecular flexibility index (Phi) is 6.98. The number of ether oxygens (including phenoxy) is 3. The zero-order valence-electron chi connectivity index (χ0n) is 16.5. The molecule has 10 nitrogen and oxygen atoms in total. The predicted molar refractivity (Wildman–Crippen MR) is 104 cm³/mol. The third-order valence-electron chi connectivity index (χ3n) is 4.46. The maximum atomic E-state index is 12.8. The molecule has 1 aliphatic heterocycles. The van der Waals surface area contributed by atoms with Gasteiger partial charge in [-0.25, -0.2) is 13.2 Å². The summed E-state index contributed by atoms with van der Waals surface area (Å²) in [6, 6.07) is 6.99. The number of cyclic esters (lactones) is 1. The molecule has 0 spiro atoms. The van der Waals surface area contributed by atoms with Crippen LogP contribution in [0.15, 0.2) is 53.4 Å². The Labute approximate surface area is 185 Å². The van der Waals surface area contributed by atoms with Crippen molar-refractivity contribution in [1.82, 2.24) is 10.6 Å². The van der Waals surface area contributed by atoms with Gasteiger partial charge in [0.25, 0.3) is 0 Å². The van der Waals surface area contributed by atoms with E-state index in [0.717, 1.165) is 24.3 Å². The molecule has 0 radical (unpaired) electrons. The number of alkyl carbamates (subject to hydrolysis) is 1. The zero-order chi connectivity index (χ0) is 24.2. The minimum Gasteiger partial charge on any atom is -0.457 e. The average molecular weight is 490 g/mol. The predicted octanol–water partition coefficient (Wildman–Crippen LogP) is 1.69. The number of halogens is 3. The Morgan fingerprint density at radius 3 is 2.12 bits per heavy atom. The van der Waals surface area contributed by atoms with Gasteiger partial charge in [0.15, 0.2) is 5.44 Å². The molecule has 2 unspecified atom stereocenters. The van der Waals surface area contributed by atoms with Crippen LogP contribution in [-0.4, -0.2) is 56.5 Å². The van der Waals surface area contributed by atoms with Crippen molar-refractivity contribution in [2.75, 3.05) is 6.61 Å². The quantitative estimate of drug-likeness (QED) is 0.451. The van der Waals surface area contributed by atoms with Crippen LogP contribution in [0, 0.1) is 0 Å². The summed E-state index contributed by atoms with van der Waals surface area (Å²) in [7, 11) is -4.38. The summed E-state index contributed by atoms with van der Waals surface area (Å²) >= 11 is 0. The lowest BCUT2D eigenvalue weighted by Gasteiger charge is -2.26. The normalized spacial score (nSPS) is 17.9. The topological polar surface area (TPSA) is 140 Å². The molecule has 178 valence electrons. The second kappa shape index (κ2) is 9.54. The molecule has 2 amide bonds. The third-order valence-corrected chi connectivity index (χ3v) is 6.32. The molecule has 14 heteroatoms. The van der Waals surface area contributed by atoms with E-state index in [1.807, 2.05) is 0 Å². The molecule has 1 saturated heterocycles. The summed E-state index contributed by atoms with van der Waals surface area (Å²) in [5, 5.41) is 14.9. The van der Waals surface area contributed by atoms with Crippen LogP contribution in [0.3, 0.4) is 0 Å². The van der Waals surface area contributed by atoms with Crippen molar-refractivity contribution >= 4 is 22.3 Å². The SMILES string of the molecule is O=CNC(C(O)S(=O)(=O)c1ccc(Oc2ccc(OC(F)(F)F)cc2)cc1)[C@H]1COC(=O)N1. The molecular formula is C19H17F3N2O8S. The van der Waals surface area contributed by atoms with E-state index in [1.54, 1.807) is 0 Å². The van der Waals surface area contributed by atoms with Crippen LogP contribution in [0.4, 0.5) is 18.0 Å². The van der Waals surface area contributed by atoms with Crippen LogP contribution in [0.25, 0.3) is 0 Å². The summed E-state index contributed by atoms with van der Waals surface area (Å²) in [5.41, 5.74) is -2.11. The number of nitrogens with one attached hydrogen (secondary N) is 2. The highest BCUT2D eigenvalue weighted by Crippen LogP contribution is 2.28. The molecule has 0 aromatic heterocycles. The van der Waals surface area contributed by atoms with Crippen LogP contribution >= 0.6 is 0 Å². The Balaban J connectivity index is 1.71. The first-order valence-corrected chi connectivity index (χ1v) is 10.7. The first kappa shape index (κ1) is 24.1. The van der Waals surface area contributed by atoms with E-state index < -0.39 is 45.6 Å². The molecule has 1 heterocycles. The summed E-state index contributed by atoms with van der Waals surface area (Å²) < 4.78 is 76.1. The number of carbonyl (C=O) groups excluding carboxylic acids is 2. The number of carbonyl (C=O) groups is 2. The van der Waals surface area contributed by atoms with Crippen molar-refractivity contribution in [1.29, 1.82) is 0 Å². The van der Waals surface area contributed by atoms with E-state index >= 15 is 0 Å². The van der Waals surface area contributed by atoms with Gasteiger partial charge in [0.05, 0.1) is 17.0 Å². The van der Waals surface area contributed by atoms with Gasteiger partial charge in [-0.2, -0.15) is 0 Å². The zero-order valence-corrected chi connectivity index (χ0v) is 17.3. The highest BCUT2D eigenvalue weighted by Gasteiger charge is 2.41. The minimum atomic E-state index is -4.83. The molecule has 0 saturated carbocycles. The van der Waals surface area contributed by atoms with Crippen molar-refractivity contribution in [3.8, 4) is 17.2 Å². The maximum Gasteiger partial charge on any atom is 0.573 e. The Bertz CT molecular complexity index is 1090. The summed E-state index contributed by atoms with van der Waals surface area (Å²) in [6.45, 7) is -0.253. The Morgan fingerprint density at radius 2 is 1.64 bits per heavy atom. The van der Waals surface area contributed by atoms with Crippen molar-refractivity contribution in [2.45, 2.75) is 28.8 Å². The van der Waals surface area contributed by atoms with Crippen molar-refractivity contribution in [3.05, 3.63) is 48.5 Å². The van der Waals surface area contributed by atoms with Gasteiger partial charge in [-0.15, -0.1) is 13.2 Å². The molecule has 33 heavy (non-hydrogen) atoms. The smallest absolute Gasteiger partial charge is 0.457 e. The number of amides is 2. The number of aliphatic hydroxyl groups excluding tert-OH is 1. The van der Waals surface area contributed by atoms with E-state index in [9.17, 15) is 36.3 Å². The molecule has 0 aliphatic carbocycles. The van der Waals surface area contributed by atoms with E-state index in [2.05, 4.69) is 20.1 Å². The number of rotatable bonds is 9. The summed E-state index contributed by atoms with van der Waals surface area (Å²) in [4.78, 5) is 21.8. The van der Waals surface area contributed by atoms with Crippen molar-refractivity contribution < 1.29 is 50.5 Å². The molecule has 1 fully saturated rings. The number of alkyl halides is 3. The number of sulfone groups is 1. The van der Waals surface area contributed by atoms with E-state index in [1.165, 1.54) is 24.3 Å². The van der Waals surface area contributed by atoms with Gasteiger partial charge in [0, 0.05) is 0 Å². The molecule has 2 aromatic carbocycles. The van der Waals surface area contributed by atoms with Gasteiger partial charge in [0.1, 0.15) is 23.9 Å². The van der Waals surface area contributed by atoms with Crippen LogP contribution in [0.1, 0.15) is 0 Å². The fourth-order valence-corrected chi connectivity index (χ4v) is 4.39. The second-order valence-corrected chi connectivity index (χ2v) is 8.73. The van der Waals surface area contributed by atoms with Gasteiger partial charge >= 0.3 is 12.5 Å². The van der Waals surface area contributed by atoms with Crippen LogP contribution < -0.4 is 20.1 Å². The monoisotopic (exact) mass is 490 g/mol. The summed E-state index contributed by atoms with van der Waals surface area (Å²) in [5.74, 6) is -0.119. The summed E-state index contributed by atoms with van der Waals surface area (Å²) in [6.07, 6.45) is -5.46. The lowest BCUT2D eigenvalue weighted by atomic mass is 10.1. The number of benzene rings is 2. The third kappa shape index (κ3) is 6.04. The van der Waals surface area contributed by atoms with Gasteiger partial charge < -0.3 is 30.0 Å². The maximum absolute atomic E-state index is 12.8. The second-order valence-electron chi connectivity index (χ2n) is 6.69. The molecule has 1 aliphatic rings. The lowest BCUT2D eigenvalue weighted by Crippen LogP contribution is -2.55. The molecule has 3 atom stereocenters. The largest absolute Gasteiger partial charge is 0.573 e. The van der Waals surface area contributed by atoms with Crippen LogP contribution in [0.5, 0.6) is 17.2 Å². The molecule has 0 bridgehead atoms. The van der Waals surface area contributed by atoms with Crippen LogP contribution in [-0.2, 0) is 19.4 Å². The Hall–Kier alpha value is -3.52. The van der Waals surface area contributed by atoms with Gasteiger partial charge in [-0.3, -0.25) is 4.79 Å². The fourth-order valence-electron chi connectivity index (χ4n) is 2.94. The van der Waals surface area contributed by atoms with Crippen molar-refractivity contribution in [2.24, 2.45) is 0 Å². The molecule has 3 N–H and O–H groups in total. The first-order chi connectivity index (χ1) is 15.5. The van der Waals surface area contributed by atoms with Gasteiger partial charge in [-0.1, -0.05) is 0 Å². The number of aliphatic hydroxyl groups is 1. The number of hydrogen-bond donors (Lipinski definition) is 3. The van der Waals surface area contributed by atoms with E-state index in [4.69, 9.17) is 4.74 Å². The van der Waals surface area contributed by atoms with Crippen LogP contribution in [0.2, 0.25) is 0 Å². The number of hydrogen-bond acceptors (Lipinski definition) is 8. The lowest BCUT2D eigenvalue weighted by molar-refractivity contribution is -0.274. The average Bonchev–Trinajstić information content (AvgIpc) is 3.18. The molecule has 2 aromatic rings. The minimum absolute atomic E-state index is 0.159. The van der Waals surface area contributed by atoms with Gasteiger partial charge in [0.2, 0.25) is 16.2 Å². The standard InChI is InChI=1S/C19H17F3N2O8S/c20-19(21,22)32-13-3-1-11(2-4-13)31-12-5-7-14(8-6-12)33(28,29)17(26)16(23-10-25)15-9-30-18(27)24-15/h1-8,10,15-17,26H,9H2,(H,23,25)(H,24,27)/t15-,16?,17?/m1/s1. The van der Waals surface area contributed by atoms with E-state index in [-0.39, 0.29) is 29.4 Å². The fraction of sp³-hybridized carbons (Fsp3) is 0.263. The molecule has 3 rings (SSSR count). The highest BCUT2D eigenvalue weighted by atomic mass is 32.2. The molecular weight excluding hydrogens is 473 g/mol. The van der Waals surface area contributed by atoms with Gasteiger partial charge in [-0.05, 0) is 48.5 Å².